The first-order valence-electron chi connectivity index (χ1n) is 11.5. The van der Waals surface area contributed by atoms with Crippen LogP contribution in [-0.2, 0) is 4.74 Å². The summed E-state index contributed by atoms with van der Waals surface area (Å²) < 4.78 is 18.1. The average molecular weight is 543 g/mol. The molecule has 0 saturated carbocycles. The van der Waals surface area contributed by atoms with Crippen LogP contribution in [0.4, 0.5) is 23.1 Å². The number of hydrogen-bond donors (Lipinski definition) is 2. The smallest absolute Gasteiger partial charge is 0.230 e. The zero-order valence-corrected chi connectivity index (χ0v) is 21.6. The monoisotopic (exact) mass is 542 g/mol. The molecule has 3 aromatic heterocycles. The molecule has 0 radical (unpaired) electrons. The summed E-state index contributed by atoms with van der Waals surface area (Å²) in [7, 11) is 3.02. The van der Waals surface area contributed by atoms with Gasteiger partial charge >= 0.3 is 0 Å². The summed E-state index contributed by atoms with van der Waals surface area (Å²) >= 11 is 13.1. The maximum absolute atomic E-state index is 6.54. The Morgan fingerprint density at radius 1 is 1.03 bits per heavy atom. The Kier molecular flexibility index (Phi) is 7.54. The van der Waals surface area contributed by atoms with Gasteiger partial charge in [-0.25, -0.2) is 15.0 Å². The fourth-order valence-electron chi connectivity index (χ4n) is 3.97. The van der Waals surface area contributed by atoms with Gasteiger partial charge in [-0.1, -0.05) is 23.2 Å². The molecule has 4 aromatic rings. The molecule has 1 saturated heterocycles. The van der Waals surface area contributed by atoms with Gasteiger partial charge in [-0.3, -0.25) is 4.68 Å². The van der Waals surface area contributed by atoms with Crippen molar-refractivity contribution < 1.29 is 14.2 Å². The molecule has 192 valence electrons. The van der Waals surface area contributed by atoms with Crippen LogP contribution in [0, 0.1) is 0 Å². The summed E-state index contributed by atoms with van der Waals surface area (Å²) in [5.74, 6) is 2.00. The molecule has 0 unspecified atom stereocenters. The van der Waals surface area contributed by atoms with Gasteiger partial charge in [0.25, 0.3) is 0 Å². The highest BCUT2D eigenvalue weighted by Gasteiger charge is 2.20. The standard InChI is InChI=1S/C24H24Cl2N8O3/c1-35-17-10-18(36-2)20(26)21(19(17)25)32-22-16(4-3-7-27-22)23-28-13-29-24(33-23)31-14-11-30-34(12-14)15-5-8-37-9-6-15/h3-4,7,10-13,15H,5-6,8-9H2,1-2H3,(H,27,32)(H,28,29,31,33). The second kappa shape index (κ2) is 11.2. The fraction of sp³-hybridized carbons (Fsp3) is 0.292. The van der Waals surface area contributed by atoms with Gasteiger partial charge in [0.2, 0.25) is 5.95 Å². The molecule has 0 aliphatic carbocycles. The summed E-state index contributed by atoms with van der Waals surface area (Å²) in [5, 5.41) is 11.4. The molecule has 0 atom stereocenters. The minimum Gasteiger partial charge on any atom is -0.495 e. The van der Waals surface area contributed by atoms with Gasteiger partial charge in [-0.05, 0) is 25.0 Å². The molecule has 5 rings (SSSR count). The molecule has 1 aliphatic rings. The molecule has 0 bridgehead atoms. The van der Waals surface area contributed by atoms with Gasteiger partial charge in [0.05, 0.1) is 43.4 Å². The zero-order chi connectivity index (χ0) is 25.8. The first-order valence-corrected chi connectivity index (χ1v) is 12.2. The largest absolute Gasteiger partial charge is 0.495 e. The van der Waals surface area contributed by atoms with Gasteiger partial charge in [-0.15, -0.1) is 0 Å². The Morgan fingerprint density at radius 2 is 1.78 bits per heavy atom. The number of rotatable bonds is 8. The molecule has 1 aliphatic heterocycles. The fourth-order valence-corrected chi connectivity index (χ4v) is 4.56. The van der Waals surface area contributed by atoms with Crippen molar-refractivity contribution in [3.05, 3.63) is 53.2 Å². The van der Waals surface area contributed by atoms with Crippen molar-refractivity contribution in [1.29, 1.82) is 0 Å². The summed E-state index contributed by atoms with van der Waals surface area (Å²) in [5.41, 5.74) is 1.77. The van der Waals surface area contributed by atoms with Crippen LogP contribution in [0.15, 0.2) is 43.1 Å². The normalized spacial score (nSPS) is 13.8. The van der Waals surface area contributed by atoms with E-state index in [-0.39, 0.29) is 10.0 Å². The third-order valence-electron chi connectivity index (χ3n) is 5.86. The first-order chi connectivity index (χ1) is 18.1. The highest BCUT2D eigenvalue weighted by molar-refractivity contribution is 6.41. The molecule has 4 heterocycles. The van der Waals surface area contributed by atoms with E-state index < -0.39 is 0 Å². The van der Waals surface area contributed by atoms with Gasteiger partial charge in [0.1, 0.15) is 33.7 Å². The minimum absolute atomic E-state index is 0.282. The Morgan fingerprint density at radius 3 is 2.51 bits per heavy atom. The number of nitrogens with one attached hydrogen (secondary N) is 2. The van der Waals surface area contributed by atoms with E-state index >= 15 is 0 Å². The van der Waals surface area contributed by atoms with Crippen molar-refractivity contribution in [3.8, 4) is 22.9 Å². The maximum atomic E-state index is 6.54. The van der Waals surface area contributed by atoms with E-state index in [1.165, 1.54) is 20.5 Å². The quantitative estimate of drug-likeness (QED) is 0.303. The van der Waals surface area contributed by atoms with E-state index in [9.17, 15) is 0 Å². The lowest BCUT2D eigenvalue weighted by Gasteiger charge is -2.22. The van der Waals surface area contributed by atoms with Crippen LogP contribution in [-0.4, -0.2) is 57.1 Å². The lowest BCUT2D eigenvalue weighted by atomic mass is 10.1. The van der Waals surface area contributed by atoms with E-state index in [0.29, 0.717) is 46.4 Å². The highest BCUT2D eigenvalue weighted by Crippen LogP contribution is 2.45. The minimum atomic E-state index is 0.282. The number of anilines is 4. The summed E-state index contributed by atoms with van der Waals surface area (Å²) in [6.07, 6.45) is 8.61. The predicted molar refractivity (Wildman–Crippen MR) is 141 cm³/mol. The topological polar surface area (TPSA) is 121 Å². The van der Waals surface area contributed by atoms with Gasteiger partial charge in [0, 0.05) is 31.7 Å². The van der Waals surface area contributed by atoms with E-state index in [1.54, 1.807) is 24.5 Å². The number of pyridine rings is 1. The van der Waals surface area contributed by atoms with Gasteiger partial charge in [0.15, 0.2) is 5.82 Å². The highest BCUT2D eigenvalue weighted by atomic mass is 35.5. The maximum Gasteiger partial charge on any atom is 0.230 e. The Hall–Kier alpha value is -3.67. The number of hydrogen-bond acceptors (Lipinski definition) is 10. The molecule has 37 heavy (non-hydrogen) atoms. The molecule has 13 heteroatoms. The molecule has 0 spiro atoms. The van der Waals surface area contributed by atoms with Crippen molar-refractivity contribution in [2.24, 2.45) is 0 Å². The van der Waals surface area contributed by atoms with E-state index in [0.717, 1.165) is 31.7 Å². The number of halogens is 2. The number of benzene rings is 1. The SMILES string of the molecule is COc1cc(OC)c(Cl)c(Nc2ncccc2-c2ncnc(Nc3cnn(C4CCOCC4)c3)n2)c1Cl. The number of nitrogens with zero attached hydrogens (tertiary/aromatic N) is 6. The number of aromatic nitrogens is 6. The van der Waals surface area contributed by atoms with Crippen molar-refractivity contribution in [2.75, 3.05) is 38.1 Å². The van der Waals surface area contributed by atoms with Crippen LogP contribution < -0.4 is 20.1 Å². The molecular formula is C24H24Cl2N8O3. The molecule has 1 aromatic carbocycles. The molecule has 2 N–H and O–H groups in total. The van der Waals surface area contributed by atoms with Crippen LogP contribution in [0.2, 0.25) is 10.0 Å². The summed E-state index contributed by atoms with van der Waals surface area (Å²) in [6.45, 7) is 1.48. The number of methoxy groups -OCH3 is 2. The van der Waals surface area contributed by atoms with E-state index in [1.807, 2.05) is 16.9 Å². The first kappa shape index (κ1) is 25.0. The molecular weight excluding hydrogens is 519 g/mol. The van der Waals surface area contributed by atoms with Crippen LogP contribution in [0.3, 0.4) is 0 Å². The Balaban J connectivity index is 1.42. The van der Waals surface area contributed by atoms with E-state index in [2.05, 4.69) is 35.7 Å². The summed E-state index contributed by atoms with van der Waals surface area (Å²) in [4.78, 5) is 17.7. The second-order valence-corrected chi connectivity index (χ2v) is 8.87. The van der Waals surface area contributed by atoms with Crippen molar-refractivity contribution in [3.63, 3.8) is 0 Å². The lowest BCUT2D eigenvalue weighted by molar-refractivity contribution is 0.0662. The molecule has 11 nitrogen and oxygen atoms in total. The van der Waals surface area contributed by atoms with Crippen LogP contribution in [0.5, 0.6) is 11.5 Å². The van der Waals surface area contributed by atoms with Crippen molar-refractivity contribution >= 4 is 46.3 Å². The second-order valence-electron chi connectivity index (χ2n) is 8.12. The number of ether oxygens (including phenoxy) is 3. The Bertz CT molecular complexity index is 1370. The van der Waals surface area contributed by atoms with Crippen LogP contribution >= 0.6 is 23.2 Å². The third-order valence-corrected chi connectivity index (χ3v) is 6.61. The molecule has 1 fully saturated rings. The molecule has 0 amide bonds. The zero-order valence-electron chi connectivity index (χ0n) is 20.1. The van der Waals surface area contributed by atoms with Crippen molar-refractivity contribution in [2.45, 2.75) is 18.9 Å². The van der Waals surface area contributed by atoms with Crippen molar-refractivity contribution in [1.82, 2.24) is 29.7 Å². The van der Waals surface area contributed by atoms with Gasteiger partial charge < -0.3 is 24.8 Å². The van der Waals surface area contributed by atoms with Gasteiger partial charge in [-0.2, -0.15) is 10.1 Å². The van der Waals surface area contributed by atoms with Crippen LogP contribution in [0.1, 0.15) is 18.9 Å². The van der Waals surface area contributed by atoms with E-state index in [4.69, 9.17) is 37.4 Å². The lowest BCUT2D eigenvalue weighted by Crippen LogP contribution is -2.19. The Labute approximate surface area is 223 Å². The van der Waals surface area contributed by atoms with Crippen LogP contribution in [0.25, 0.3) is 11.4 Å². The summed E-state index contributed by atoms with van der Waals surface area (Å²) in [6, 6.07) is 5.54. The average Bonchev–Trinajstić information content (AvgIpc) is 3.40. The third kappa shape index (κ3) is 5.38. The predicted octanol–water partition coefficient (Wildman–Crippen LogP) is 5.29.